The normalized spacial score (nSPS) is 9.94. The minimum Gasteiger partial charge on any atom is -0.370 e. The molecule has 0 bridgehead atoms. The van der Waals surface area contributed by atoms with Crippen LogP contribution in [0, 0.1) is 0 Å². The predicted molar refractivity (Wildman–Crippen MR) is 66.6 cm³/mol. The topological polar surface area (TPSA) is 72.2 Å². The van der Waals surface area contributed by atoms with Gasteiger partial charge in [-0.2, -0.15) is 0 Å². The summed E-state index contributed by atoms with van der Waals surface area (Å²) in [4.78, 5) is 21.9. The molecule has 2 amide bonds. The van der Waals surface area contributed by atoms with Crippen molar-refractivity contribution >= 4 is 23.4 Å². The number of carbonyl (C=O) groups is 2. The highest BCUT2D eigenvalue weighted by Gasteiger charge is 2.03. The number of hydrogen-bond acceptors (Lipinski definition) is 2. The molecule has 0 heterocycles. The molecule has 0 aliphatic carbocycles. The lowest BCUT2D eigenvalue weighted by Crippen LogP contribution is -2.27. The minimum atomic E-state index is -0.350. The molecule has 92 valence electrons. The molecular weight excluding hydrogens is 240 g/mol. The first-order valence-electron chi connectivity index (χ1n) is 5.37. The molecule has 0 saturated carbocycles. The van der Waals surface area contributed by atoms with E-state index in [1.165, 1.54) is 0 Å². The first-order chi connectivity index (χ1) is 8.08. The van der Waals surface area contributed by atoms with Crippen molar-refractivity contribution in [1.82, 2.24) is 5.32 Å². The second-order valence-corrected chi connectivity index (χ2v) is 4.16. The fourth-order valence-corrected chi connectivity index (χ4v) is 1.47. The summed E-state index contributed by atoms with van der Waals surface area (Å²) in [7, 11) is 0. The van der Waals surface area contributed by atoms with E-state index in [9.17, 15) is 9.59 Å². The van der Waals surface area contributed by atoms with E-state index in [0.717, 1.165) is 5.56 Å². The molecule has 1 rings (SSSR count). The number of benzene rings is 1. The molecule has 3 N–H and O–H groups in total. The van der Waals surface area contributed by atoms with Crippen molar-refractivity contribution in [3.63, 3.8) is 0 Å². The first-order valence-corrected chi connectivity index (χ1v) is 5.75. The molecule has 0 saturated heterocycles. The minimum absolute atomic E-state index is 0.0724. The van der Waals surface area contributed by atoms with Gasteiger partial charge in [-0.25, -0.2) is 0 Å². The Bertz CT molecular complexity index is 390. The Morgan fingerprint density at radius 3 is 2.47 bits per heavy atom. The summed E-state index contributed by atoms with van der Waals surface area (Å²) in [6.07, 6.45) is 1.18. The summed E-state index contributed by atoms with van der Waals surface area (Å²) in [6, 6.07) is 7.12. The first kappa shape index (κ1) is 13.5. The molecule has 17 heavy (non-hydrogen) atoms. The average molecular weight is 255 g/mol. The van der Waals surface area contributed by atoms with E-state index >= 15 is 0 Å². The molecule has 0 unspecified atom stereocenters. The zero-order valence-electron chi connectivity index (χ0n) is 9.41. The van der Waals surface area contributed by atoms with Gasteiger partial charge < -0.3 is 11.1 Å². The number of amides is 2. The standard InChI is InChI=1S/C12H15ClN2O2/c13-10-5-3-9(4-6-10)8-12(17)15-7-1-2-11(14)16/h3-6H,1-2,7-8H2,(H2,14,16)(H,15,17). The smallest absolute Gasteiger partial charge is 0.224 e. The Morgan fingerprint density at radius 1 is 1.24 bits per heavy atom. The molecule has 4 nitrogen and oxygen atoms in total. The second kappa shape index (κ2) is 6.91. The molecule has 0 radical (unpaired) electrons. The van der Waals surface area contributed by atoms with Crippen molar-refractivity contribution in [3.8, 4) is 0 Å². The van der Waals surface area contributed by atoms with E-state index in [2.05, 4.69) is 5.32 Å². The van der Waals surface area contributed by atoms with Crippen molar-refractivity contribution in [3.05, 3.63) is 34.9 Å². The molecule has 0 aliphatic heterocycles. The summed E-state index contributed by atoms with van der Waals surface area (Å²) in [5.41, 5.74) is 5.89. The predicted octanol–water partition coefficient (Wildman–Crippen LogP) is 1.26. The maximum Gasteiger partial charge on any atom is 0.224 e. The van der Waals surface area contributed by atoms with E-state index in [-0.39, 0.29) is 11.8 Å². The molecular formula is C12H15ClN2O2. The SMILES string of the molecule is NC(=O)CCCNC(=O)Cc1ccc(Cl)cc1. The zero-order valence-corrected chi connectivity index (χ0v) is 10.2. The quantitative estimate of drug-likeness (QED) is 0.751. The van der Waals surface area contributed by atoms with Crippen LogP contribution in [0.3, 0.4) is 0 Å². The summed E-state index contributed by atoms with van der Waals surface area (Å²) >= 11 is 5.74. The highest BCUT2D eigenvalue weighted by atomic mass is 35.5. The fourth-order valence-electron chi connectivity index (χ4n) is 1.34. The Kier molecular flexibility index (Phi) is 5.49. The molecule has 0 fully saturated rings. The summed E-state index contributed by atoms with van der Waals surface area (Å²) in [5, 5.41) is 3.37. The van der Waals surface area contributed by atoms with Crippen LogP contribution in [0.2, 0.25) is 5.02 Å². The lowest BCUT2D eigenvalue weighted by atomic mass is 10.1. The van der Waals surface area contributed by atoms with Gasteiger partial charge in [0.25, 0.3) is 0 Å². The van der Waals surface area contributed by atoms with Gasteiger partial charge in [-0.15, -0.1) is 0 Å². The van der Waals surface area contributed by atoms with Crippen LogP contribution in [0.15, 0.2) is 24.3 Å². The van der Waals surface area contributed by atoms with Crippen molar-refractivity contribution in [2.45, 2.75) is 19.3 Å². The molecule has 0 aliphatic rings. The van der Waals surface area contributed by atoms with Crippen molar-refractivity contribution in [1.29, 1.82) is 0 Å². The lowest BCUT2D eigenvalue weighted by Gasteiger charge is -2.04. The number of rotatable bonds is 6. The van der Waals surface area contributed by atoms with Crippen LogP contribution >= 0.6 is 11.6 Å². The molecule has 5 heteroatoms. The Hall–Kier alpha value is -1.55. The summed E-state index contributed by atoms with van der Waals surface area (Å²) in [6.45, 7) is 0.468. The van der Waals surface area contributed by atoms with E-state index < -0.39 is 0 Å². The number of nitrogens with two attached hydrogens (primary N) is 1. The largest absolute Gasteiger partial charge is 0.370 e. The number of hydrogen-bond donors (Lipinski definition) is 2. The number of carbonyl (C=O) groups excluding carboxylic acids is 2. The average Bonchev–Trinajstić information content (AvgIpc) is 2.27. The number of primary amides is 1. The maximum atomic E-state index is 11.5. The Balaban J connectivity index is 2.25. The van der Waals surface area contributed by atoms with Gasteiger partial charge >= 0.3 is 0 Å². The van der Waals surface area contributed by atoms with Crippen molar-refractivity contribution < 1.29 is 9.59 Å². The van der Waals surface area contributed by atoms with Crippen LogP contribution in [-0.2, 0) is 16.0 Å². The van der Waals surface area contributed by atoms with Gasteiger partial charge in [0, 0.05) is 18.0 Å². The maximum absolute atomic E-state index is 11.5. The second-order valence-electron chi connectivity index (χ2n) is 3.72. The van der Waals surface area contributed by atoms with Gasteiger partial charge in [0.1, 0.15) is 0 Å². The summed E-state index contributed by atoms with van der Waals surface area (Å²) < 4.78 is 0. The van der Waals surface area contributed by atoms with Crippen LogP contribution in [-0.4, -0.2) is 18.4 Å². The third kappa shape index (κ3) is 5.92. The van der Waals surface area contributed by atoms with Gasteiger partial charge in [0.05, 0.1) is 6.42 Å². The van der Waals surface area contributed by atoms with Crippen LogP contribution in [0.4, 0.5) is 0 Å². The molecule has 0 atom stereocenters. The van der Waals surface area contributed by atoms with E-state index in [1.807, 2.05) is 12.1 Å². The highest BCUT2D eigenvalue weighted by Crippen LogP contribution is 2.09. The van der Waals surface area contributed by atoms with Gasteiger partial charge in [0.2, 0.25) is 11.8 Å². The van der Waals surface area contributed by atoms with E-state index in [0.29, 0.717) is 30.8 Å². The van der Waals surface area contributed by atoms with Crippen LogP contribution in [0.5, 0.6) is 0 Å². The summed E-state index contributed by atoms with van der Waals surface area (Å²) in [5.74, 6) is -0.422. The van der Waals surface area contributed by atoms with Gasteiger partial charge in [-0.05, 0) is 24.1 Å². The monoisotopic (exact) mass is 254 g/mol. The van der Waals surface area contributed by atoms with Crippen molar-refractivity contribution in [2.75, 3.05) is 6.54 Å². The van der Waals surface area contributed by atoms with Gasteiger partial charge in [-0.1, -0.05) is 23.7 Å². The molecule has 1 aromatic rings. The van der Waals surface area contributed by atoms with Gasteiger partial charge in [0.15, 0.2) is 0 Å². The van der Waals surface area contributed by atoms with E-state index in [1.54, 1.807) is 12.1 Å². The third-order valence-electron chi connectivity index (χ3n) is 2.20. The van der Waals surface area contributed by atoms with Gasteiger partial charge in [-0.3, -0.25) is 9.59 Å². The van der Waals surface area contributed by atoms with Crippen LogP contribution < -0.4 is 11.1 Å². The number of halogens is 1. The fraction of sp³-hybridized carbons (Fsp3) is 0.333. The Morgan fingerprint density at radius 2 is 1.88 bits per heavy atom. The number of nitrogens with one attached hydrogen (secondary N) is 1. The van der Waals surface area contributed by atoms with Crippen molar-refractivity contribution in [2.24, 2.45) is 5.73 Å². The van der Waals surface area contributed by atoms with Crippen LogP contribution in [0.1, 0.15) is 18.4 Å². The lowest BCUT2D eigenvalue weighted by molar-refractivity contribution is -0.121. The molecule has 0 aromatic heterocycles. The van der Waals surface area contributed by atoms with E-state index in [4.69, 9.17) is 17.3 Å². The molecule has 1 aromatic carbocycles. The highest BCUT2D eigenvalue weighted by molar-refractivity contribution is 6.30. The third-order valence-corrected chi connectivity index (χ3v) is 2.45. The van der Waals surface area contributed by atoms with Crippen LogP contribution in [0.25, 0.3) is 0 Å². The molecule has 0 spiro atoms. The zero-order chi connectivity index (χ0) is 12.7. The Labute approximate surface area is 105 Å².